The molecule has 0 aliphatic carbocycles. The first-order chi connectivity index (χ1) is 12.5. The van der Waals surface area contributed by atoms with E-state index < -0.39 is 0 Å². The van der Waals surface area contributed by atoms with Crippen LogP contribution in [0, 0.1) is 13.8 Å². The van der Waals surface area contributed by atoms with Gasteiger partial charge in [-0.05, 0) is 32.4 Å². The van der Waals surface area contributed by atoms with E-state index in [-0.39, 0.29) is 5.91 Å². The minimum Gasteiger partial charge on any atom is -0.361 e. The number of nitrogens with zero attached hydrogens (tertiary/aromatic N) is 5. The van der Waals surface area contributed by atoms with Gasteiger partial charge in [-0.2, -0.15) is 4.98 Å². The van der Waals surface area contributed by atoms with E-state index in [1.54, 1.807) is 24.3 Å². The Morgan fingerprint density at radius 2 is 1.92 bits per heavy atom. The molecule has 3 aromatic heterocycles. The fourth-order valence-corrected chi connectivity index (χ4v) is 2.61. The van der Waals surface area contributed by atoms with Crippen LogP contribution in [-0.2, 0) is 17.8 Å². The van der Waals surface area contributed by atoms with Crippen molar-refractivity contribution in [2.75, 3.05) is 7.05 Å². The lowest BCUT2D eigenvalue weighted by Gasteiger charge is -2.16. The highest BCUT2D eigenvalue weighted by Crippen LogP contribution is 2.17. The number of aromatic nitrogens is 4. The summed E-state index contributed by atoms with van der Waals surface area (Å²) in [6, 6.07) is 3.64. The Labute approximate surface area is 151 Å². The number of amides is 1. The van der Waals surface area contributed by atoms with Gasteiger partial charge < -0.3 is 13.9 Å². The number of carbonyl (C=O) groups is 1. The van der Waals surface area contributed by atoms with E-state index in [1.165, 1.54) is 0 Å². The molecule has 0 bridgehead atoms. The number of carbonyl (C=O) groups excluding carboxylic acids is 1. The van der Waals surface area contributed by atoms with Crippen LogP contribution in [0.15, 0.2) is 33.6 Å². The van der Waals surface area contributed by atoms with Crippen LogP contribution in [0.1, 0.15) is 35.7 Å². The number of hydrogen-bond acceptors (Lipinski definition) is 7. The van der Waals surface area contributed by atoms with Gasteiger partial charge in [0.05, 0.1) is 12.2 Å². The van der Waals surface area contributed by atoms with Crippen molar-refractivity contribution in [1.29, 1.82) is 0 Å². The number of pyridine rings is 1. The summed E-state index contributed by atoms with van der Waals surface area (Å²) in [5.41, 5.74) is 2.63. The standard InChI is InChI=1S/C18H21N5O3/c1-12-15(13(2)25-21-12)11-23(3)17(24)6-4-5-16-20-18(22-26-16)14-7-9-19-10-8-14/h7-10H,4-6,11H2,1-3H3. The summed E-state index contributed by atoms with van der Waals surface area (Å²) < 4.78 is 10.4. The highest BCUT2D eigenvalue weighted by molar-refractivity contribution is 5.75. The molecule has 26 heavy (non-hydrogen) atoms. The summed E-state index contributed by atoms with van der Waals surface area (Å²) in [4.78, 5) is 22.3. The van der Waals surface area contributed by atoms with Crippen molar-refractivity contribution in [3.05, 3.63) is 47.4 Å². The molecule has 8 nitrogen and oxygen atoms in total. The minimum atomic E-state index is 0.0545. The molecular weight excluding hydrogens is 334 g/mol. The van der Waals surface area contributed by atoms with E-state index in [0.29, 0.717) is 37.5 Å². The highest BCUT2D eigenvalue weighted by Gasteiger charge is 2.16. The van der Waals surface area contributed by atoms with Crippen LogP contribution >= 0.6 is 0 Å². The van der Waals surface area contributed by atoms with E-state index in [9.17, 15) is 4.79 Å². The van der Waals surface area contributed by atoms with Crippen LogP contribution in [0.3, 0.4) is 0 Å². The lowest BCUT2D eigenvalue weighted by atomic mass is 10.1. The van der Waals surface area contributed by atoms with Crippen LogP contribution in [-0.4, -0.2) is 38.1 Å². The van der Waals surface area contributed by atoms with Crippen LogP contribution in [0.25, 0.3) is 11.4 Å². The summed E-state index contributed by atoms with van der Waals surface area (Å²) in [6.07, 6.45) is 4.97. The minimum absolute atomic E-state index is 0.0545. The zero-order valence-corrected chi connectivity index (χ0v) is 15.1. The van der Waals surface area contributed by atoms with Gasteiger partial charge in [0.15, 0.2) is 0 Å². The third kappa shape index (κ3) is 4.14. The van der Waals surface area contributed by atoms with Gasteiger partial charge >= 0.3 is 0 Å². The summed E-state index contributed by atoms with van der Waals surface area (Å²) in [5, 5.41) is 7.88. The SMILES string of the molecule is Cc1noc(C)c1CN(C)C(=O)CCCc1nc(-c2ccncc2)no1. The fourth-order valence-electron chi connectivity index (χ4n) is 2.61. The Kier molecular flexibility index (Phi) is 5.40. The molecule has 0 N–H and O–H groups in total. The smallest absolute Gasteiger partial charge is 0.226 e. The maximum Gasteiger partial charge on any atom is 0.226 e. The molecule has 0 saturated carbocycles. The molecule has 3 heterocycles. The van der Waals surface area contributed by atoms with Crippen molar-refractivity contribution < 1.29 is 13.8 Å². The van der Waals surface area contributed by atoms with Crippen molar-refractivity contribution in [2.24, 2.45) is 0 Å². The average molecular weight is 355 g/mol. The second-order valence-electron chi connectivity index (χ2n) is 6.15. The Balaban J connectivity index is 1.49. The molecule has 8 heteroatoms. The first-order valence-electron chi connectivity index (χ1n) is 8.43. The van der Waals surface area contributed by atoms with Gasteiger partial charge in [-0.15, -0.1) is 0 Å². The van der Waals surface area contributed by atoms with Crippen molar-refractivity contribution in [1.82, 2.24) is 25.2 Å². The molecule has 0 aromatic carbocycles. The Bertz CT molecular complexity index is 853. The highest BCUT2D eigenvalue weighted by atomic mass is 16.5. The van der Waals surface area contributed by atoms with Crippen LogP contribution in [0.5, 0.6) is 0 Å². The van der Waals surface area contributed by atoms with Crippen molar-refractivity contribution in [3.8, 4) is 11.4 Å². The Hall–Kier alpha value is -3.03. The third-order valence-corrected chi connectivity index (χ3v) is 4.19. The zero-order valence-electron chi connectivity index (χ0n) is 15.1. The van der Waals surface area contributed by atoms with E-state index in [4.69, 9.17) is 9.05 Å². The molecule has 3 aromatic rings. The molecule has 0 saturated heterocycles. The Morgan fingerprint density at radius 1 is 1.15 bits per heavy atom. The van der Waals surface area contributed by atoms with E-state index in [0.717, 1.165) is 22.6 Å². The van der Waals surface area contributed by atoms with Gasteiger partial charge in [-0.3, -0.25) is 9.78 Å². The number of rotatable bonds is 7. The lowest BCUT2D eigenvalue weighted by Crippen LogP contribution is -2.26. The molecule has 0 atom stereocenters. The molecule has 0 spiro atoms. The molecule has 0 radical (unpaired) electrons. The molecule has 0 aliphatic rings. The second kappa shape index (κ2) is 7.90. The van der Waals surface area contributed by atoms with Gasteiger partial charge in [0.1, 0.15) is 5.76 Å². The molecule has 1 amide bonds. The molecular formula is C18H21N5O3. The van der Waals surface area contributed by atoms with Gasteiger partial charge in [-0.25, -0.2) is 0 Å². The van der Waals surface area contributed by atoms with Gasteiger partial charge in [0.25, 0.3) is 0 Å². The van der Waals surface area contributed by atoms with Gasteiger partial charge in [0, 0.05) is 43.4 Å². The third-order valence-electron chi connectivity index (χ3n) is 4.19. The summed E-state index contributed by atoms with van der Waals surface area (Å²) in [6.45, 7) is 4.22. The predicted octanol–water partition coefficient (Wildman–Crippen LogP) is 2.72. The van der Waals surface area contributed by atoms with E-state index >= 15 is 0 Å². The second-order valence-corrected chi connectivity index (χ2v) is 6.15. The maximum atomic E-state index is 12.3. The van der Waals surface area contributed by atoms with Gasteiger partial charge in [-0.1, -0.05) is 10.3 Å². The van der Waals surface area contributed by atoms with Crippen molar-refractivity contribution in [2.45, 2.75) is 39.7 Å². The van der Waals surface area contributed by atoms with Crippen LogP contribution in [0.2, 0.25) is 0 Å². The van der Waals surface area contributed by atoms with Gasteiger partial charge in [0.2, 0.25) is 17.6 Å². The molecule has 0 aliphatic heterocycles. The predicted molar refractivity (Wildman–Crippen MR) is 92.9 cm³/mol. The molecule has 0 unspecified atom stereocenters. The normalized spacial score (nSPS) is 10.9. The lowest BCUT2D eigenvalue weighted by molar-refractivity contribution is -0.130. The summed E-state index contributed by atoms with van der Waals surface area (Å²) in [5.74, 6) is 1.86. The maximum absolute atomic E-state index is 12.3. The topological polar surface area (TPSA) is 98.2 Å². The monoisotopic (exact) mass is 355 g/mol. The largest absolute Gasteiger partial charge is 0.361 e. The average Bonchev–Trinajstić information content (AvgIpc) is 3.24. The van der Waals surface area contributed by atoms with Crippen LogP contribution < -0.4 is 0 Å². The number of aryl methyl sites for hydroxylation is 3. The first kappa shape index (κ1) is 17.8. The van der Waals surface area contributed by atoms with E-state index in [1.807, 2.05) is 26.0 Å². The van der Waals surface area contributed by atoms with Crippen molar-refractivity contribution in [3.63, 3.8) is 0 Å². The Morgan fingerprint density at radius 3 is 2.62 bits per heavy atom. The molecule has 0 fully saturated rings. The first-order valence-corrected chi connectivity index (χ1v) is 8.43. The summed E-state index contributed by atoms with van der Waals surface area (Å²) in [7, 11) is 1.78. The van der Waals surface area contributed by atoms with Crippen molar-refractivity contribution >= 4 is 5.91 Å². The van der Waals surface area contributed by atoms with Crippen LogP contribution in [0.4, 0.5) is 0 Å². The molecule has 3 rings (SSSR count). The number of hydrogen-bond donors (Lipinski definition) is 0. The zero-order chi connectivity index (χ0) is 18.5. The molecule has 136 valence electrons. The summed E-state index contributed by atoms with van der Waals surface area (Å²) >= 11 is 0. The quantitative estimate of drug-likeness (QED) is 0.642. The van der Waals surface area contributed by atoms with E-state index in [2.05, 4.69) is 20.3 Å². The fraction of sp³-hybridized carbons (Fsp3) is 0.389.